The van der Waals surface area contributed by atoms with Gasteiger partial charge in [-0.3, -0.25) is 10.1 Å². The van der Waals surface area contributed by atoms with E-state index in [2.05, 4.69) is 24.1 Å². The summed E-state index contributed by atoms with van der Waals surface area (Å²) in [7, 11) is 1.63. The smallest absolute Gasteiger partial charge is 0.264 e. The number of carbonyl (C=O) groups is 1. The van der Waals surface area contributed by atoms with E-state index < -0.39 is 0 Å². The second-order valence-corrected chi connectivity index (χ2v) is 7.34. The number of anilines is 1. The van der Waals surface area contributed by atoms with Crippen molar-refractivity contribution in [3.8, 4) is 22.8 Å². The molecule has 0 saturated carbocycles. The molecule has 0 unspecified atom stereocenters. The Bertz CT molecular complexity index is 904. The minimum atomic E-state index is -0.235. The minimum absolute atomic E-state index is 0.0554. The maximum absolute atomic E-state index is 12.2. The summed E-state index contributed by atoms with van der Waals surface area (Å²) in [5.41, 5.74) is 3.05. The molecule has 3 rings (SSSR count). The van der Waals surface area contributed by atoms with Gasteiger partial charge in [0.25, 0.3) is 5.91 Å². The van der Waals surface area contributed by atoms with Gasteiger partial charge in [-0.05, 0) is 54.3 Å². The molecule has 0 radical (unpaired) electrons. The highest BCUT2D eigenvalue weighted by molar-refractivity contribution is 7.14. The molecular weight excluding hydrogens is 372 g/mol. The van der Waals surface area contributed by atoms with Crippen LogP contribution in [0, 0.1) is 0 Å². The molecule has 2 aromatic carbocycles. The lowest BCUT2D eigenvalue weighted by atomic mass is 9.99. The van der Waals surface area contributed by atoms with Crippen LogP contribution >= 0.6 is 11.3 Å². The summed E-state index contributed by atoms with van der Waals surface area (Å²) >= 11 is 1.38. The monoisotopic (exact) mass is 396 g/mol. The number of rotatable bonds is 8. The number of methoxy groups -OCH3 is 1. The molecule has 146 valence electrons. The third-order valence-electron chi connectivity index (χ3n) is 4.57. The Balaban J connectivity index is 1.53. The highest BCUT2D eigenvalue weighted by Gasteiger charge is 2.09. The Morgan fingerprint density at radius 3 is 2.43 bits per heavy atom. The molecule has 0 aliphatic heterocycles. The third-order valence-corrected chi connectivity index (χ3v) is 5.33. The number of benzene rings is 2. The molecule has 1 atom stereocenters. The lowest BCUT2D eigenvalue weighted by Crippen LogP contribution is -2.20. The van der Waals surface area contributed by atoms with E-state index in [0.717, 1.165) is 23.4 Å². The predicted octanol–water partition coefficient (Wildman–Crippen LogP) is 5.35. The maximum Gasteiger partial charge on any atom is 0.264 e. The molecule has 6 heteroatoms. The lowest BCUT2D eigenvalue weighted by Gasteiger charge is -2.10. The quantitative estimate of drug-likeness (QED) is 0.558. The predicted molar refractivity (Wildman–Crippen MR) is 113 cm³/mol. The first-order valence-electron chi connectivity index (χ1n) is 9.21. The van der Waals surface area contributed by atoms with Crippen molar-refractivity contribution < 1.29 is 14.3 Å². The van der Waals surface area contributed by atoms with E-state index in [-0.39, 0.29) is 12.5 Å². The Labute approximate surface area is 169 Å². The second kappa shape index (κ2) is 9.37. The van der Waals surface area contributed by atoms with Gasteiger partial charge >= 0.3 is 0 Å². The molecule has 0 fully saturated rings. The fourth-order valence-corrected chi connectivity index (χ4v) is 3.39. The highest BCUT2D eigenvalue weighted by atomic mass is 32.1. The normalized spacial score (nSPS) is 11.7. The first-order valence-corrected chi connectivity index (χ1v) is 10.1. The van der Waals surface area contributed by atoms with Gasteiger partial charge in [0, 0.05) is 10.9 Å². The maximum atomic E-state index is 12.2. The number of carbonyl (C=O) groups excluding carboxylic acids is 1. The van der Waals surface area contributed by atoms with Gasteiger partial charge in [-0.25, -0.2) is 4.98 Å². The molecule has 0 aliphatic carbocycles. The van der Waals surface area contributed by atoms with Crippen LogP contribution in [0.4, 0.5) is 5.13 Å². The topological polar surface area (TPSA) is 60.5 Å². The molecule has 1 aromatic heterocycles. The van der Waals surface area contributed by atoms with E-state index in [1.54, 1.807) is 7.11 Å². The van der Waals surface area contributed by atoms with Crippen molar-refractivity contribution in [2.75, 3.05) is 19.0 Å². The van der Waals surface area contributed by atoms with Gasteiger partial charge in [-0.2, -0.15) is 0 Å². The largest absolute Gasteiger partial charge is 0.497 e. The molecular formula is C22H24N2O3S. The average molecular weight is 397 g/mol. The number of nitrogens with zero attached hydrogens (tertiary/aromatic N) is 1. The number of hydrogen-bond acceptors (Lipinski definition) is 5. The van der Waals surface area contributed by atoms with Crippen LogP contribution in [-0.2, 0) is 4.79 Å². The van der Waals surface area contributed by atoms with Gasteiger partial charge < -0.3 is 9.47 Å². The zero-order valence-electron chi connectivity index (χ0n) is 16.3. The zero-order valence-corrected chi connectivity index (χ0v) is 17.1. The summed E-state index contributed by atoms with van der Waals surface area (Å²) in [5, 5.41) is 5.24. The number of ether oxygens (including phenoxy) is 2. The SMILES string of the molecule is CC[C@H](C)c1ccc(OCC(=O)Nc2nc(-c3ccc(OC)cc3)cs2)cc1. The van der Waals surface area contributed by atoms with Gasteiger partial charge in [0.2, 0.25) is 0 Å². The number of aromatic nitrogens is 1. The Kier molecular flexibility index (Phi) is 6.66. The van der Waals surface area contributed by atoms with E-state index in [4.69, 9.17) is 9.47 Å². The average Bonchev–Trinajstić information content (AvgIpc) is 3.20. The summed E-state index contributed by atoms with van der Waals surface area (Å²) < 4.78 is 10.7. The fourth-order valence-electron chi connectivity index (χ4n) is 2.66. The van der Waals surface area contributed by atoms with Gasteiger partial charge in [-0.1, -0.05) is 26.0 Å². The molecule has 1 amide bonds. The number of nitrogens with one attached hydrogen (secondary N) is 1. The van der Waals surface area contributed by atoms with E-state index in [1.165, 1.54) is 16.9 Å². The van der Waals surface area contributed by atoms with Crippen LogP contribution in [0.25, 0.3) is 11.3 Å². The Morgan fingerprint density at radius 2 is 1.79 bits per heavy atom. The van der Waals surface area contributed by atoms with Crippen LogP contribution in [-0.4, -0.2) is 24.6 Å². The first-order chi connectivity index (χ1) is 13.6. The van der Waals surface area contributed by atoms with Crippen molar-refractivity contribution >= 4 is 22.4 Å². The van der Waals surface area contributed by atoms with Gasteiger partial charge in [0.15, 0.2) is 11.7 Å². The van der Waals surface area contributed by atoms with Crippen LogP contribution in [0.15, 0.2) is 53.9 Å². The molecule has 1 heterocycles. The highest BCUT2D eigenvalue weighted by Crippen LogP contribution is 2.26. The van der Waals surface area contributed by atoms with Gasteiger partial charge in [-0.15, -0.1) is 11.3 Å². The summed E-state index contributed by atoms with van der Waals surface area (Å²) in [6, 6.07) is 15.5. The van der Waals surface area contributed by atoms with E-state index in [1.807, 2.05) is 53.9 Å². The van der Waals surface area contributed by atoms with Crippen LogP contribution in [0.1, 0.15) is 31.7 Å². The van der Waals surface area contributed by atoms with Crippen molar-refractivity contribution in [1.29, 1.82) is 0 Å². The van der Waals surface area contributed by atoms with Crippen LogP contribution < -0.4 is 14.8 Å². The minimum Gasteiger partial charge on any atom is -0.497 e. The molecule has 0 aliphatic rings. The van der Waals surface area contributed by atoms with Crippen LogP contribution in [0.3, 0.4) is 0 Å². The lowest BCUT2D eigenvalue weighted by molar-refractivity contribution is -0.118. The molecule has 0 spiro atoms. The van der Waals surface area contributed by atoms with E-state index in [9.17, 15) is 4.79 Å². The van der Waals surface area contributed by atoms with Gasteiger partial charge in [0.1, 0.15) is 11.5 Å². The zero-order chi connectivity index (χ0) is 19.9. The number of hydrogen-bond donors (Lipinski definition) is 1. The molecule has 0 bridgehead atoms. The van der Waals surface area contributed by atoms with Crippen LogP contribution in [0.5, 0.6) is 11.5 Å². The van der Waals surface area contributed by atoms with E-state index in [0.29, 0.717) is 16.8 Å². The summed E-state index contributed by atoms with van der Waals surface area (Å²) in [6.07, 6.45) is 1.09. The fraction of sp³-hybridized carbons (Fsp3) is 0.273. The standard InChI is InChI=1S/C22H24N2O3S/c1-4-15(2)16-5-11-19(12-6-16)27-13-21(25)24-22-23-20(14-28-22)17-7-9-18(26-3)10-8-17/h5-12,14-15H,4,13H2,1-3H3,(H,23,24,25)/t15-/m0/s1. The molecule has 1 N–H and O–H groups in total. The van der Waals surface area contributed by atoms with Crippen molar-refractivity contribution in [2.24, 2.45) is 0 Å². The van der Waals surface area contributed by atoms with Crippen molar-refractivity contribution in [2.45, 2.75) is 26.2 Å². The van der Waals surface area contributed by atoms with Gasteiger partial charge in [0.05, 0.1) is 12.8 Å². The Hall–Kier alpha value is -2.86. The molecule has 28 heavy (non-hydrogen) atoms. The summed E-state index contributed by atoms with van der Waals surface area (Å²) in [6.45, 7) is 4.30. The molecule has 0 saturated heterocycles. The summed E-state index contributed by atoms with van der Waals surface area (Å²) in [5.74, 6) is 1.76. The number of amides is 1. The third kappa shape index (κ3) is 5.10. The first kappa shape index (κ1) is 19.9. The summed E-state index contributed by atoms with van der Waals surface area (Å²) in [4.78, 5) is 16.6. The van der Waals surface area contributed by atoms with Crippen molar-refractivity contribution in [3.05, 3.63) is 59.5 Å². The van der Waals surface area contributed by atoms with E-state index >= 15 is 0 Å². The molecule has 5 nitrogen and oxygen atoms in total. The molecule has 3 aromatic rings. The second-order valence-electron chi connectivity index (χ2n) is 6.48. The van der Waals surface area contributed by atoms with Crippen molar-refractivity contribution in [1.82, 2.24) is 4.98 Å². The van der Waals surface area contributed by atoms with Crippen molar-refractivity contribution in [3.63, 3.8) is 0 Å². The Morgan fingerprint density at radius 1 is 1.11 bits per heavy atom. The number of thiazole rings is 1. The van der Waals surface area contributed by atoms with Crippen LogP contribution in [0.2, 0.25) is 0 Å².